The highest BCUT2D eigenvalue weighted by molar-refractivity contribution is 5.92. The van der Waals surface area contributed by atoms with Gasteiger partial charge >= 0.3 is 0 Å². The van der Waals surface area contributed by atoms with E-state index in [2.05, 4.69) is 31.7 Å². The molecule has 0 aliphatic carbocycles. The zero-order valence-electron chi connectivity index (χ0n) is 13.3. The van der Waals surface area contributed by atoms with Crippen LogP contribution in [-0.2, 0) is 13.1 Å². The van der Waals surface area contributed by atoms with Crippen LogP contribution in [0.25, 0.3) is 0 Å². The second-order valence-corrected chi connectivity index (χ2v) is 5.63. The molecule has 0 atom stereocenters. The number of nitrogens with one attached hydrogen (secondary N) is 1. The SMILES string of the molecule is C#CCCC1(CCNC(=O)c2ccn(CCn3cccn3)n2)N=N1. The van der Waals surface area contributed by atoms with E-state index in [0.29, 0.717) is 38.2 Å². The second-order valence-electron chi connectivity index (χ2n) is 5.63. The van der Waals surface area contributed by atoms with Crippen molar-refractivity contribution >= 4 is 5.91 Å². The minimum absolute atomic E-state index is 0.194. The number of hydrogen-bond donors (Lipinski definition) is 1. The lowest BCUT2D eigenvalue weighted by molar-refractivity contribution is 0.0946. The topological polar surface area (TPSA) is 89.5 Å². The Labute approximate surface area is 140 Å². The summed E-state index contributed by atoms with van der Waals surface area (Å²) in [6.45, 7) is 1.86. The summed E-state index contributed by atoms with van der Waals surface area (Å²) >= 11 is 0. The van der Waals surface area contributed by atoms with Gasteiger partial charge in [0.2, 0.25) is 0 Å². The molecule has 0 fully saturated rings. The number of carbonyl (C=O) groups excluding carboxylic acids is 1. The Morgan fingerprint density at radius 3 is 2.79 bits per heavy atom. The normalized spacial score (nSPS) is 14.3. The number of terminal acetylenes is 1. The Kier molecular flexibility index (Phi) is 4.70. The number of aryl methyl sites for hydroxylation is 2. The van der Waals surface area contributed by atoms with Gasteiger partial charge in [-0.3, -0.25) is 14.2 Å². The average Bonchev–Trinajstić information content (AvgIpc) is 3.01. The lowest BCUT2D eigenvalue weighted by atomic mass is 10.0. The van der Waals surface area contributed by atoms with Gasteiger partial charge in [-0.1, -0.05) is 0 Å². The van der Waals surface area contributed by atoms with Gasteiger partial charge in [0.15, 0.2) is 5.66 Å². The van der Waals surface area contributed by atoms with Gasteiger partial charge in [-0.2, -0.15) is 20.4 Å². The summed E-state index contributed by atoms with van der Waals surface area (Å²) in [6, 6.07) is 3.58. The molecule has 2 aromatic rings. The Hall–Kier alpha value is -2.95. The minimum Gasteiger partial charge on any atom is -0.350 e. The molecular formula is C16H19N7O. The summed E-state index contributed by atoms with van der Waals surface area (Å²) in [6.07, 6.45) is 12.7. The summed E-state index contributed by atoms with van der Waals surface area (Å²) in [5.74, 6) is 2.39. The first-order valence-corrected chi connectivity index (χ1v) is 7.87. The van der Waals surface area contributed by atoms with Crippen LogP contribution in [0.2, 0.25) is 0 Å². The zero-order chi connectivity index (χ0) is 16.8. The van der Waals surface area contributed by atoms with Crippen molar-refractivity contribution in [2.45, 2.75) is 38.0 Å². The standard InChI is InChI=1S/C16H19N7O/c1-2-3-6-16(20-21-16)7-9-17-15(24)14-5-11-23(19-14)13-12-22-10-4-8-18-22/h1,4-5,8,10-11H,3,6-7,9,12-13H2,(H,17,24). The Bertz CT molecular complexity index is 748. The number of rotatable bonds is 9. The van der Waals surface area contributed by atoms with Gasteiger partial charge in [0.05, 0.1) is 13.1 Å². The van der Waals surface area contributed by atoms with Gasteiger partial charge in [-0.15, -0.1) is 12.3 Å². The molecular weight excluding hydrogens is 306 g/mol. The van der Waals surface area contributed by atoms with Crippen LogP contribution < -0.4 is 5.32 Å². The lowest BCUT2D eigenvalue weighted by Crippen LogP contribution is -2.28. The van der Waals surface area contributed by atoms with Crippen molar-refractivity contribution in [2.75, 3.05) is 6.54 Å². The van der Waals surface area contributed by atoms with E-state index >= 15 is 0 Å². The van der Waals surface area contributed by atoms with E-state index in [-0.39, 0.29) is 11.6 Å². The van der Waals surface area contributed by atoms with Crippen LogP contribution in [0.1, 0.15) is 29.8 Å². The molecule has 0 unspecified atom stereocenters. The Morgan fingerprint density at radius 1 is 1.25 bits per heavy atom. The van der Waals surface area contributed by atoms with E-state index in [0.717, 1.165) is 6.42 Å². The first kappa shape index (κ1) is 15.9. The van der Waals surface area contributed by atoms with E-state index in [4.69, 9.17) is 6.42 Å². The minimum atomic E-state index is -0.372. The zero-order valence-corrected chi connectivity index (χ0v) is 13.3. The molecule has 1 aliphatic rings. The molecule has 3 rings (SSSR count). The van der Waals surface area contributed by atoms with Gasteiger partial charge in [-0.05, 0) is 12.1 Å². The average molecular weight is 325 g/mol. The first-order valence-electron chi connectivity index (χ1n) is 7.87. The lowest BCUT2D eigenvalue weighted by Gasteiger charge is -2.09. The predicted octanol–water partition coefficient (Wildman–Crippen LogP) is 1.48. The van der Waals surface area contributed by atoms with Crippen molar-refractivity contribution in [3.63, 3.8) is 0 Å². The Balaban J connectivity index is 1.41. The summed E-state index contributed by atoms with van der Waals surface area (Å²) in [5.41, 5.74) is 0.0285. The molecule has 0 saturated carbocycles. The highest BCUT2D eigenvalue weighted by Gasteiger charge is 2.38. The number of amides is 1. The third kappa shape index (κ3) is 4.07. The quantitative estimate of drug-likeness (QED) is 0.708. The number of aromatic nitrogens is 4. The van der Waals surface area contributed by atoms with Crippen LogP contribution in [0.15, 0.2) is 41.0 Å². The Morgan fingerprint density at radius 2 is 2.08 bits per heavy atom. The number of hydrogen-bond acceptors (Lipinski definition) is 5. The van der Waals surface area contributed by atoms with Crippen LogP contribution >= 0.6 is 0 Å². The van der Waals surface area contributed by atoms with Crippen LogP contribution in [0.3, 0.4) is 0 Å². The third-order valence-electron chi connectivity index (χ3n) is 3.85. The molecule has 1 N–H and O–H groups in total. The molecule has 2 aromatic heterocycles. The molecule has 0 radical (unpaired) electrons. The second kappa shape index (κ2) is 7.08. The van der Waals surface area contributed by atoms with Gasteiger partial charge in [-0.25, -0.2) is 0 Å². The number of carbonyl (C=O) groups is 1. The predicted molar refractivity (Wildman–Crippen MR) is 87.1 cm³/mol. The fraction of sp³-hybridized carbons (Fsp3) is 0.438. The van der Waals surface area contributed by atoms with Crippen molar-refractivity contribution in [3.05, 3.63) is 36.4 Å². The molecule has 24 heavy (non-hydrogen) atoms. The van der Waals surface area contributed by atoms with E-state index in [1.54, 1.807) is 23.1 Å². The maximum Gasteiger partial charge on any atom is 0.271 e. The smallest absolute Gasteiger partial charge is 0.271 e. The monoisotopic (exact) mass is 325 g/mol. The van der Waals surface area contributed by atoms with Crippen LogP contribution in [0.5, 0.6) is 0 Å². The highest BCUT2D eigenvalue weighted by atomic mass is 16.1. The van der Waals surface area contributed by atoms with E-state index in [1.807, 2.05) is 16.9 Å². The van der Waals surface area contributed by atoms with Crippen molar-refractivity contribution in [3.8, 4) is 12.3 Å². The maximum atomic E-state index is 12.1. The molecule has 0 spiro atoms. The fourth-order valence-electron chi connectivity index (χ4n) is 2.38. The molecule has 8 nitrogen and oxygen atoms in total. The maximum absolute atomic E-state index is 12.1. The molecule has 0 bridgehead atoms. The van der Waals surface area contributed by atoms with E-state index < -0.39 is 0 Å². The van der Waals surface area contributed by atoms with Crippen LogP contribution in [0, 0.1) is 12.3 Å². The summed E-state index contributed by atoms with van der Waals surface area (Å²) in [4.78, 5) is 12.1. The van der Waals surface area contributed by atoms with E-state index in [9.17, 15) is 4.79 Å². The van der Waals surface area contributed by atoms with Gasteiger partial charge in [0.25, 0.3) is 5.91 Å². The summed E-state index contributed by atoms with van der Waals surface area (Å²) in [5, 5.41) is 19.3. The fourth-order valence-corrected chi connectivity index (χ4v) is 2.38. The van der Waals surface area contributed by atoms with Crippen LogP contribution in [-0.4, -0.2) is 37.7 Å². The molecule has 0 aromatic carbocycles. The highest BCUT2D eigenvalue weighted by Crippen LogP contribution is 2.35. The van der Waals surface area contributed by atoms with Crippen molar-refractivity contribution in [2.24, 2.45) is 10.2 Å². The molecule has 124 valence electrons. The molecule has 8 heteroatoms. The van der Waals surface area contributed by atoms with Crippen molar-refractivity contribution in [1.82, 2.24) is 24.9 Å². The molecule has 0 saturated heterocycles. The van der Waals surface area contributed by atoms with Gasteiger partial charge in [0, 0.05) is 44.4 Å². The molecule has 1 aliphatic heterocycles. The first-order chi connectivity index (χ1) is 11.7. The van der Waals surface area contributed by atoms with Crippen molar-refractivity contribution in [1.29, 1.82) is 0 Å². The number of nitrogens with zero attached hydrogens (tertiary/aromatic N) is 6. The van der Waals surface area contributed by atoms with Crippen molar-refractivity contribution < 1.29 is 4.79 Å². The van der Waals surface area contributed by atoms with E-state index in [1.165, 1.54) is 0 Å². The molecule has 1 amide bonds. The van der Waals surface area contributed by atoms with Gasteiger partial charge in [0.1, 0.15) is 5.69 Å². The largest absolute Gasteiger partial charge is 0.350 e. The summed E-state index contributed by atoms with van der Waals surface area (Å²) < 4.78 is 3.55. The summed E-state index contributed by atoms with van der Waals surface area (Å²) in [7, 11) is 0. The van der Waals surface area contributed by atoms with Gasteiger partial charge < -0.3 is 5.32 Å². The molecule has 3 heterocycles. The van der Waals surface area contributed by atoms with Crippen LogP contribution in [0.4, 0.5) is 0 Å². The third-order valence-corrected chi connectivity index (χ3v) is 3.85.